The van der Waals surface area contributed by atoms with E-state index in [2.05, 4.69) is 28.8 Å². The molecular formula is C66H75ClF6N6O10. The Morgan fingerprint density at radius 2 is 1.06 bits per heavy atom. The van der Waals surface area contributed by atoms with E-state index in [9.17, 15) is 50.6 Å². The zero-order valence-electron chi connectivity index (χ0n) is 50.5. The SMILES string of the molecule is COC(=O)c1cc(Oc2ncc(CCl)cc2C(F)(F)F)ccc1N(C(=O)C1CCC(C)CC1)C1CCC(OC)CC1.COC1CCC(N(C(=O)C2CCC(C)CC2)c2ccc(Oc3ncc(Cn4ccc5cccnc54)cc3C(F)(F)F)cc2C(=O)O)CC1. The van der Waals surface area contributed by atoms with Crippen LogP contribution in [0.15, 0.2) is 91.5 Å². The zero-order chi connectivity index (χ0) is 63.7. The molecule has 0 saturated heterocycles. The number of aromatic carboxylic acids is 1. The quantitative estimate of drug-likeness (QED) is 0.0517. The van der Waals surface area contributed by atoms with Gasteiger partial charge in [-0.2, -0.15) is 26.3 Å². The molecule has 2 aromatic carbocycles. The molecule has 0 bridgehead atoms. The van der Waals surface area contributed by atoms with Crippen LogP contribution in [0.4, 0.5) is 37.7 Å². The molecular weight excluding hydrogens is 1190 g/mol. The number of halogens is 7. The highest BCUT2D eigenvalue weighted by molar-refractivity contribution is 6.17. The predicted octanol–water partition coefficient (Wildman–Crippen LogP) is 15.6. The molecule has 478 valence electrons. The van der Waals surface area contributed by atoms with Crippen LogP contribution < -0.4 is 19.3 Å². The molecule has 0 unspecified atom stereocenters. The number of pyridine rings is 3. The van der Waals surface area contributed by atoms with E-state index in [1.165, 1.54) is 49.8 Å². The number of alkyl halides is 7. The summed E-state index contributed by atoms with van der Waals surface area (Å²) < 4.78 is 113. The summed E-state index contributed by atoms with van der Waals surface area (Å²) in [4.78, 5) is 69.4. The van der Waals surface area contributed by atoms with Gasteiger partial charge in [0.05, 0.1) is 48.4 Å². The van der Waals surface area contributed by atoms with E-state index in [1.54, 1.807) is 53.1 Å². The van der Waals surface area contributed by atoms with Gasteiger partial charge in [-0.3, -0.25) is 9.59 Å². The van der Waals surface area contributed by atoms with Crippen LogP contribution in [-0.4, -0.2) is 94.0 Å². The first kappa shape index (κ1) is 66.1. The minimum atomic E-state index is -4.80. The minimum absolute atomic E-state index is 0.0299. The van der Waals surface area contributed by atoms with Gasteiger partial charge in [-0.1, -0.05) is 13.8 Å². The van der Waals surface area contributed by atoms with Crippen molar-refractivity contribution in [2.24, 2.45) is 23.7 Å². The Kier molecular flexibility index (Phi) is 21.6. The summed E-state index contributed by atoms with van der Waals surface area (Å²) in [6, 6.07) is 15.3. The van der Waals surface area contributed by atoms with Crippen LogP contribution in [0.2, 0.25) is 0 Å². The molecule has 89 heavy (non-hydrogen) atoms. The summed E-state index contributed by atoms with van der Waals surface area (Å²) >= 11 is 5.71. The second-order valence-electron chi connectivity index (χ2n) is 23.9. The monoisotopic (exact) mass is 1260 g/mol. The molecule has 0 spiro atoms. The predicted molar refractivity (Wildman–Crippen MR) is 322 cm³/mol. The molecule has 0 radical (unpaired) electrons. The number of esters is 1. The second kappa shape index (κ2) is 29.1. The van der Waals surface area contributed by atoms with Crippen molar-refractivity contribution in [2.45, 2.75) is 166 Å². The van der Waals surface area contributed by atoms with E-state index in [4.69, 9.17) is 35.3 Å². The van der Waals surface area contributed by atoms with Gasteiger partial charge < -0.3 is 43.2 Å². The Labute approximate surface area is 518 Å². The lowest BCUT2D eigenvalue weighted by Gasteiger charge is -2.40. The number of benzene rings is 2. The third-order valence-corrected chi connectivity index (χ3v) is 18.2. The molecule has 4 saturated carbocycles. The van der Waals surface area contributed by atoms with E-state index in [0.29, 0.717) is 48.9 Å². The van der Waals surface area contributed by atoms with Crippen LogP contribution in [0.3, 0.4) is 0 Å². The molecule has 4 aliphatic carbocycles. The summed E-state index contributed by atoms with van der Waals surface area (Å²) in [5, 5.41) is 11.2. The van der Waals surface area contributed by atoms with Crippen LogP contribution in [-0.2, 0) is 48.6 Å². The molecule has 4 aliphatic rings. The van der Waals surface area contributed by atoms with Crippen molar-refractivity contribution in [3.05, 3.63) is 125 Å². The van der Waals surface area contributed by atoms with Crippen LogP contribution in [0.25, 0.3) is 11.0 Å². The number of nitrogens with zero attached hydrogens (tertiary/aromatic N) is 6. The maximum Gasteiger partial charge on any atom is 0.421 e. The Hall–Kier alpha value is -7.30. The first-order valence-electron chi connectivity index (χ1n) is 30.3. The first-order chi connectivity index (χ1) is 42.6. The number of carbonyl (C=O) groups is 4. The Morgan fingerprint density at radius 3 is 1.51 bits per heavy atom. The fourth-order valence-corrected chi connectivity index (χ4v) is 12.9. The van der Waals surface area contributed by atoms with Gasteiger partial charge >= 0.3 is 24.3 Å². The highest BCUT2D eigenvalue weighted by Gasteiger charge is 2.41. The number of carbonyl (C=O) groups excluding carboxylic acids is 3. The van der Waals surface area contributed by atoms with Gasteiger partial charge in [-0.15, -0.1) is 11.6 Å². The normalized spacial score (nSPS) is 22.3. The maximum atomic E-state index is 14.3. The minimum Gasteiger partial charge on any atom is -0.478 e. The lowest BCUT2D eigenvalue weighted by Crippen LogP contribution is -2.47. The van der Waals surface area contributed by atoms with Crippen molar-refractivity contribution in [3.63, 3.8) is 0 Å². The molecule has 23 heteroatoms. The first-order valence-corrected chi connectivity index (χ1v) is 30.9. The van der Waals surface area contributed by atoms with Crippen molar-refractivity contribution in [1.82, 2.24) is 19.5 Å². The third kappa shape index (κ3) is 16.0. The molecule has 10 rings (SSSR count). The molecule has 6 aromatic rings. The molecule has 4 heterocycles. The lowest BCUT2D eigenvalue weighted by atomic mass is 9.81. The molecule has 0 aliphatic heterocycles. The van der Waals surface area contributed by atoms with Crippen LogP contribution >= 0.6 is 11.6 Å². The molecule has 2 amide bonds. The lowest BCUT2D eigenvalue weighted by molar-refractivity contribution is -0.139. The van der Waals surface area contributed by atoms with Crippen LogP contribution in [0, 0.1) is 23.7 Å². The molecule has 0 atom stereocenters. The van der Waals surface area contributed by atoms with Gasteiger partial charge in [-0.25, -0.2) is 24.5 Å². The van der Waals surface area contributed by atoms with Gasteiger partial charge in [-0.05, 0) is 192 Å². The topological polar surface area (TPSA) is 185 Å². The number of amides is 2. The molecule has 16 nitrogen and oxygen atoms in total. The summed E-state index contributed by atoms with van der Waals surface area (Å²) in [6.45, 7) is 4.45. The second-order valence-corrected chi connectivity index (χ2v) is 24.2. The van der Waals surface area contributed by atoms with E-state index in [-0.39, 0.29) is 99.8 Å². The number of hydrogen-bond donors (Lipinski definition) is 1. The van der Waals surface area contributed by atoms with Crippen molar-refractivity contribution >= 4 is 57.8 Å². The van der Waals surface area contributed by atoms with Crippen LogP contribution in [0.5, 0.6) is 23.3 Å². The number of hydrogen-bond acceptors (Lipinski definition) is 12. The van der Waals surface area contributed by atoms with E-state index in [1.807, 2.05) is 12.1 Å². The molecule has 4 fully saturated rings. The van der Waals surface area contributed by atoms with Gasteiger partial charge in [0.15, 0.2) is 0 Å². The van der Waals surface area contributed by atoms with E-state index in [0.717, 1.165) is 94.6 Å². The Balaban J connectivity index is 0.000000214. The summed E-state index contributed by atoms with van der Waals surface area (Å²) in [5.41, 5.74) is -0.703. The highest BCUT2D eigenvalue weighted by atomic mass is 35.5. The molecule has 4 aromatic heterocycles. The standard InChI is InChI=1S/C36H39F3N4O5.C30H36ClF3N2O5/c1-22-5-7-25(8-6-22)34(44)43(26-9-11-27(47-2)12-10-26)31-14-13-28(19-29(31)35(45)46)48-33-30(36(37,38)39)18-23(20-41-33)21-42-17-15-24-4-3-16-40-32(24)42;1-18-4-6-20(7-5-18)28(37)36(21-8-10-22(39-2)11-9-21)26-13-12-23(15-24(26)29(38)40-3)41-27-25(30(32,33)34)14-19(16-31)17-35-27/h3-4,13-20,22,25-27H,5-12,21H2,1-2H3,(H,45,46);12-15,17-18,20-22H,4-11,16H2,1-3H3. The number of carboxylic acids is 1. The van der Waals surface area contributed by atoms with Gasteiger partial charge in [0.1, 0.15) is 28.3 Å². The maximum absolute atomic E-state index is 14.3. The van der Waals surface area contributed by atoms with Gasteiger partial charge in [0, 0.05) is 74.2 Å². The van der Waals surface area contributed by atoms with Crippen LogP contribution in [0.1, 0.15) is 160 Å². The summed E-state index contributed by atoms with van der Waals surface area (Å²) in [7, 11) is 4.55. The third-order valence-electron chi connectivity index (χ3n) is 17.9. The fraction of sp³-hybridized carbons (Fsp3) is 0.500. The van der Waals surface area contributed by atoms with E-state index < -0.39 is 47.2 Å². The number of ether oxygens (including phenoxy) is 5. The van der Waals surface area contributed by atoms with Crippen molar-refractivity contribution in [1.29, 1.82) is 0 Å². The fourth-order valence-electron chi connectivity index (χ4n) is 12.8. The van der Waals surface area contributed by atoms with Gasteiger partial charge in [0.2, 0.25) is 23.6 Å². The number of carboxylic acid groups (broad SMARTS) is 1. The van der Waals surface area contributed by atoms with Crippen molar-refractivity contribution in [2.75, 3.05) is 31.1 Å². The molecule has 1 N–H and O–H groups in total. The number of anilines is 2. The number of rotatable bonds is 17. The summed E-state index contributed by atoms with van der Waals surface area (Å²) in [6.07, 6.45) is 8.92. The zero-order valence-corrected chi connectivity index (χ0v) is 51.2. The van der Waals surface area contributed by atoms with Crippen molar-refractivity contribution < 1.29 is 74.3 Å². The summed E-state index contributed by atoms with van der Waals surface area (Å²) in [5.74, 6) is -3.22. The largest absolute Gasteiger partial charge is 0.478 e. The number of aromatic nitrogens is 4. The Morgan fingerprint density at radius 1 is 0.596 bits per heavy atom. The number of methoxy groups -OCH3 is 3. The Bertz CT molecular complexity index is 3440. The van der Waals surface area contributed by atoms with Crippen molar-refractivity contribution in [3.8, 4) is 23.3 Å². The average molecular weight is 1260 g/mol. The number of fused-ring (bicyclic) bond motifs is 1. The average Bonchev–Trinajstić information content (AvgIpc) is 1.78. The van der Waals surface area contributed by atoms with Gasteiger partial charge in [0.25, 0.3) is 0 Å². The van der Waals surface area contributed by atoms with E-state index >= 15 is 0 Å². The highest BCUT2D eigenvalue weighted by Crippen LogP contribution is 2.44. The smallest absolute Gasteiger partial charge is 0.421 e.